The van der Waals surface area contributed by atoms with E-state index in [1.807, 2.05) is 6.07 Å². The number of hydrogen-bond acceptors (Lipinski definition) is 4. The SMILES string of the molecule is CN1CCC(N(C)c2ccc3nc(-c4n[nH]c5cc(F)ccc45)[nH]c3c2)CC1. The molecule has 0 saturated carbocycles. The molecule has 7 heteroatoms. The number of anilines is 1. The number of H-pyrrole nitrogens is 2. The highest BCUT2D eigenvalue weighted by molar-refractivity contribution is 5.93. The van der Waals surface area contributed by atoms with Crippen LogP contribution >= 0.6 is 0 Å². The zero-order chi connectivity index (χ0) is 19.3. The second kappa shape index (κ2) is 6.60. The normalized spacial score (nSPS) is 16.2. The summed E-state index contributed by atoms with van der Waals surface area (Å²) in [5.74, 6) is 0.404. The highest BCUT2D eigenvalue weighted by Crippen LogP contribution is 2.29. The van der Waals surface area contributed by atoms with Gasteiger partial charge in [-0.15, -0.1) is 0 Å². The van der Waals surface area contributed by atoms with Crippen LogP contribution in [-0.4, -0.2) is 58.3 Å². The number of hydrogen-bond donors (Lipinski definition) is 2. The fraction of sp³-hybridized carbons (Fsp3) is 0.333. The molecule has 2 aromatic carbocycles. The van der Waals surface area contributed by atoms with Gasteiger partial charge in [0.05, 0.1) is 16.6 Å². The molecule has 0 radical (unpaired) electrons. The number of rotatable bonds is 3. The maximum atomic E-state index is 13.4. The molecule has 1 fully saturated rings. The maximum Gasteiger partial charge on any atom is 0.159 e. The minimum absolute atomic E-state index is 0.283. The van der Waals surface area contributed by atoms with Crippen molar-refractivity contribution in [1.29, 1.82) is 0 Å². The van der Waals surface area contributed by atoms with E-state index in [0.29, 0.717) is 23.1 Å². The number of nitrogens with one attached hydrogen (secondary N) is 2. The average molecular weight is 378 g/mol. The summed E-state index contributed by atoms with van der Waals surface area (Å²) in [6.07, 6.45) is 2.35. The van der Waals surface area contributed by atoms with Crippen LogP contribution in [0, 0.1) is 5.82 Å². The van der Waals surface area contributed by atoms with Crippen LogP contribution in [-0.2, 0) is 0 Å². The van der Waals surface area contributed by atoms with Crippen molar-refractivity contribution in [3.8, 4) is 11.5 Å². The Labute approximate surface area is 162 Å². The lowest BCUT2D eigenvalue weighted by atomic mass is 10.0. The highest BCUT2D eigenvalue weighted by Gasteiger charge is 2.21. The Hall–Kier alpha value is -2.93. The molecule has 0 amide bonds. The van der Waals surface area contributed by atoms with Crippen molar-refractivity contribution in [2.45, 2.75) is 18.9 Å². The Morgan fingerprint density at radius 2 is 1.93 bits per heavy atom. The number of benzene rings is 2. The van der Waals surface area contributed by atoms with Gasteiger partial charge in [-0.2, -0.15) is 5.10 Å². The van der Waals surface area contributed by atoms with E-state index >= 15 is 0 Å². The van der Waals surface area contributed by atoms with Crippen LogP contribution in [0.15, 0.2) is 36.4 Å². The van der Waals surface area contributed by atoms with Gasteiger partial charge in [0.2, 0.25) is 0 Å². The van der Waals surface area contributed by atoms with Gasteiger partial charge in [0, 0.05) is 24.2 Å². The molecule has 28 heavy (non-hydrogen) atoms. The topological polar surface area (TPSA) is 63.8 Å². The fourth-order valence-electron chi connectivity index (χ4n) is 4.09. The first-order valence-electron chi connectivity index (χ1n) is 9.63. The van der Waals surface area contributed by atoms with Gasteiger partial charge < -0.3 is 14.8 Å². The van der Waals surface area contributed by atoms with E-state index in [0.717, 1.165) is 29.5 Å². The van der Waals surface area contributed by atoms with Crippen molar-refractivity contribution in [1.82, 2.24) is 25.1 Å². The number of halogens is 1. The van der Waals surface area contributed by atoms with Gasteiger partial charge in [0.25, 0.3) is 0 Å². The summed E-state index contributed by atoms with van der Waals surface area (Å²) in [4.78, 5) is 12.8. The summed E-state index contributed by atoms with van der Waals surface area (Å²) in [5, 5.41) is 8.08. The van der Waals surface area contributed by atoms with Crippen LogP contribution in [0.1, 0.15) is 12.8 Å². The molecule has 5 rings (SSSR count). The quantitative estimate of drug-likeness (QED) is 0.570. The third-order valence-corrected chi connectivity index (χ3v) is 5.86. The Kier molecular flexibility index (Phi) is 4.05. The van der Waals surface area contributed by atoms with Crippen LogP contribution in [0.4, 0.5) is 10.1 Å². The predicted octanol–water partition coefficient (Wildman–Crippen LogP) is 3.78. The molecule has 0 unspecified atom stereocenters. The van der Waals surface area contributed by atoms with Crippen molar-refractivity contribution in [2.24, 2.45) is 0 Å². The van der Waals surface area contributed by atoms with Gasteiger partial charge in [0.1, 0.15) is 11.5 Å². The molecule has 0 spiro atoms. The van der Waals surface area contributed by atoms with E-state index in [9.17, 15) is 4.39 Å². The summed E-state index contributed by atoms with van der Waals surface area (Å²) in [6, 6.07) is 11.5. The van der Waals surface area contributed by atoms with Crippen molar-refractivity contribution in [3.63, 3.8) is 0 Å². The lowest BCUT2D eigenvalue weighted by molar-refractivity contribution is 0.253. The number of aromatic nitrogens is 4. The molecule has 3 heterocycles. The third kappa shape index (κ3) is 2.92. The van der Waals surface area contributed by atoms with Crippen LogP contribution < -0.4 is 4.90 Å². The van der Waals surface area contributed by atoms with Gasteiger partial charge >= 0.3 is 0 Å². The van der Waals surface area contributed by atoms with E-state index in [1.54, 1.807) is 6.07 Å². The van der Waals surface area contributed by atoms with E-state index in [-0.39, 0.29) is 5.82 Å². The number of nitrogens with zero attached hydrogens (tertiary/aromatic N) is 4. The first-order chi connectivity index (χ1) is 13.6. The fourth-order valence-corrected chi connectivity index (χ4v) is 4.09. The van der Waals surface area contributed by atoms with E-state index in [1.165, 1.54) is 30.7 Å². The summed E-state index contributed by atoms with van der Waals surface area (Å²) in [5.41, 5.74) is 4.43. The molecular weight excluding hydrogens is 355 g/mol. The van der Waals surface area contributed by atoms with Crippen molar-refractivity contribution < 1.29 is 4.39 Å². The van der Waals surface area contributed by atoms with Gasteiger partial charge in [-0.3, -0.25) is 5.10 Å². The number of likely N-dealkylation sites (tertiary alicyclic amines) is 1. The standard InChI is InChI=1S/C21H23FN6/c1-27-9-7-14(8-10-27)28(2)15-4-6-17-19(12-15)24-21(23-17)20-16-5-3-13(22)11-18(16)25-26-20/h3-6,11-12,14H,7-10H2,1-2H3,(H,23,24)(H,25,26). The van der Waals surface area contributed by atoms with Crippen LogP contribution in [0.5, 0.6) is 0 Å². The van der Waals surface area contributed by atoms with Crippen LogP contribution in [0.2, 0.25) is 0 Å². The van der Waals surface area contributed by atoms with Gasteiger partial charge in [0.15, 0.2) is 5.82 Å². The van der Waals surface area contributed by atoms with Crippen LogP contribution in [0.25, 0.3) is 33.5 Å². The molecule has 0 aliphatic carbocycles. The molecule has 4 aromatic rings. The molecule has 2 aromatic heterocycles. The summed E-state index contributed by atoms with van der Waals surface area (Å²) in [7, 11) is 4.35. The summed E-state index contributed by atoms with van der Waals surface area (Å²) < 4.78 is 13.4. The average Bonchev–Trinajstić information content (AvgIpc) is 3.30. The number of fused-ring (bicyclic) bond motifs is 2. The predicted molar refractivity (Wildman–Crippen MR) is 110 cm³/mol. The van der Waals surface area contributed by atoms with Crippen molar-refractivity contribution in [2.75, 3.05) is 32.1 Å². The Bertz CT molecular complexity index is 1140. The first-order valence-corrected chi connectivity index (χ1v) is 9.63. The van der Waals surface area contributed by atoms with Crippen molar-refractivity contribution >= 4 is 27.6 Å². The zero-order valence-electron chi connectivity index (χ0n) is 16.0. The van der Waals surface area contributed by atoms with Gasteiger partial charge in [-0.1, -0.05) is 0 Å². The van der Waals surface area contributed by atoms with E-state index < -0.39 is 0 Å². The van der Waals surface area contributed by atoms with E-state index in [2.05, 4.69) is 51.2 Å². The second-order valence-electron chi connectivity index (χ2n) is 7.69. The highest BCUT2D eigenvalue weighted by atomic mass is 19.1. The molecule has 0 atom stereocenters. The summed E-state index contributed by atoms with van der Waals surface area (Å²) >= 11 is 0. The number of aromatic amines is 2. The molecule has 6 nitrogen and oxygen atoms in total. The second-order valence-corrected chi connectivity index (χ2v) is 7.69. The molecule has 2 N–H and O–H groups in total. The number of piperidine rings is 1. The zero-order valence-corrected chi connectivity index (χ0v) is 16.0. The maximum absolute atomic E-state index is 13.4. The Morgan fingerprint density at radius 1 is 1.11 bits per heavy atom. The Balaban J connectivity index is 1.48. The minimum Gasteiger partial charge on any atom is -0.371 e. The molecular formula is C21H23FN6. The lowest BCUT2D eigenvalue weighted by Gasteiger charge is -2.36. The van der Waals surface area contributed by atoms with E-state index in [4.69, 9.17) is 4.98 Å². The number of imidazole rings is 1. The molecule has 0 bridgehead atoms. The third-order valence-electron chi connectivity index (χ3n) is 5.86. The van der Waals surface area contributed by atoms with Crippen LogP contribution in [0.3, 0.4) is 0 Å². The van der Waals surface area contributed by atoms with Crippen molar-refractivity contribution in [3.05, 3.63) is 42.2 Å². The lowest BCUT2D eigenvalue weighted by Crippen LogP contribution is -2.41. The van der Waals surface area contributed by atoms with Gasteiger partial charge in [-0.05, 0) is 69.4 Å². The molecule has 144 valence electrons. The molecule has 1 aliphatic rings. The molecule has 1 saturated heterocycles. The minimum atomic E-state index is -0.283. The first kappa shape index (κ1) is 17.2. The monoisotopic (exact) mass is 378 g/mol. The molecule has 1 aliphatic heterocycles. The van der Waals surface area contributed by atoms with Gasteiger partial charge in [-0.25, -0.2) is 9.37 Å². The smallest absolute Gasteiger partial charge is 0.159 e. The Morgan fingerprint density at radius 3 is 2.75 bits per heavy atom. The largest absolute Gasteiger partial charge is 0.371 e. The summed E-state index contributed by atoms with van der Waals surface area (Å²) in [6.45, 7) is 2.27.